The van der Waals surface area contributed by atoms with Crippen molar-refractivity contribution in [2.24, 2.45) is 5.92 Å². The monoisotopic (exact) mass is 229 g/mol. The molecule has 0 saturated heterocycles. The van der Waals surface area contributed by atoms with E-state index >= 15 is 0 Å². The van der Waals surface area contributed by atoms with Crippen LogP contribution < -0.4 is 16.0 Å². The van der Waals surface area contributed by atoms with Crippen LogP contribution in [0.4, 0.5) is 0 Å². The molecule has 0 rings (SSSR count). The second-order valence-corrected chi connectivity index (χ2v) is 4.52. The van der Waals surface area contributed by atoms with Crippen molar-refractivity contribution in [2.75, 3.05) is 19.6 Å². The Morgan fingerprint density at radius 3 is 2.06 bits per heavy atom. The molecule has 0 atom stereocenters. The first-order chi connectivity index (χ1) is 7.41. The molecule has 3 N–H and O–H groups in total. The third-order valence-electron chi connectivity index (χ3n) is 1.73. The molecule has 2 amide bonds. The molecule has 0 fully saturated rings. The van der Waals surface area contributed by atoms with E-state index in [9.17, 15) is 9.59 Å². The van der Waals surface area contributed by atoms with Gasteiger partial charge >= 0.3 is 0 Å². The van der Waals surface area contributed by atoms with Crippen LogP contribution in [0.3, 0.4) is 0 Å². The Morgan fingerprint density at radius 1 is 1.00 bits per heavy atom. The molecule has 0 unspecified atom stereocenters. The lowest BCUT2D eigenvalue weighted by atomic mass is 10.2. The van der Waals surface area contributed by atoms with Gasteiger partial charge in [0.15, 0.2) is 0 Å². The predicted molar refractivity (Wildman–Crippen MR) is 64.0 cm³/mol. The highest BCUT2D eigenvalue weighted by Crippen LogP contribution is 1.86. The summed E-state index contributed by atoms with van der Waals surface area (Å²) in [5.74, 6) is 0.269. The Balaban J connectivity index is 3.50. The minimum atomic E-state index is -0.0911. The first-order valence-electron chi connectivity index (χ1n) is 5.68. The zero-order valence-corrected chi connectivity index (χ0v) is 10.6. The van der Waals surface area contributed by atoms with Gasteiger partial charge in [-0.1, -0.05) is 13.8 Å². The highest BCUT2D eigenvalue weighted by molar-refractivity contribution is 5.81. The molecule has 0 heterocycles. The standard InChI is InChI=1S/C11H23N3O2/c1-8(2)5-13-10(15)6-12-7-11(16)14-9(3)4/h8-9,12H,5-7H2,1-4H3,(H,13,15)(H,14,16). The summed E-state index contributed by atoms with van der Waals surface area (Å²) in [5, 5.41) is 8.29. The molecule has 0 aliphatic rings. The molecule has 0 aromatic heterocycles. The summed E-state index contributed by atoms with van der Waals surface area (Å²) >= 11 is 0. The van der Waals surface area contributed by atoms with E-state index in [4.69, 9.17) is 0 Å². The number of rotatable bonds is 7. The summed E-state index contributed by atoms with van der Waals surface area (Å²) in [6.07, 6.45) is 0. The van der Waals surface area contributed by atoms with E-state index in [2.05, 4.69) is 16.0 Å². The third-order valence-corrected chi connectivity index (χ3v) is 1.73. The van der Waals surface area contributed by atoms with Crippen molar-refractivity contribution in [2.45, 2.75) is 33.7 Å². The van der Waals surface area contributed by atoms with Crippen molar-refractivity contribution in [3.63, 3.8) is 0 Å². The van der Waals surface area contributed by atoms with Crippen LogP contribution in [0.1, 0.15) is 27.7 Å². The van der Waals surface area contributed by atoms with Gasteiger partial charge in [-0.2, -0.15) is 0 Å². The first kappa shape index (κ1) is 14.9. The van der Waals surface area contributed by atoms with Crippen LogP contribution in [0.25, 0.3) is 0 Å². The summed E-state index contributed by atoms with van der Waals surface area (Å²) in [4.78, 5) is 22.4. The number of hydrogen-bond donors (Lipinski definition) is 3. The number of nitrogens with one attached hydrogen (secondary N) is 3. The summed E-state index contributed by atoms with van der Waals surface area (Å²) in [7, 11) is 0. The van der Waals surface area contributed by atoms with Gasteiger partial charge in [-0.25, -0.2) is 0 Å². The fourth-order valence-electron chi connectivity index (χ4n) is 1.04. The van der Waals surface area contributed by atoms with Gasteiger partial charge in [0, 0.05) is 12.6 Å². The summed E-state index contributed by atoms with van der Waals surface area (Å²) in [5.41, 5.74) is 0. The lowest BCUT2D eigenvalue weighted by molar-refractivity contribution is -0.121. The van der Waals surface area contributed by atoms with Crippen molar-refractivity contribution in [3.8, 4) is 0 Å². The highest BCUT2D eigenvalue weighted by Gasteiger charge is 2.05. The molecular weight excluding hydrogens is 206 g/mol. The van der Waals surface area contributed by atoms with Crippen LogP contribution in [0.15, 0.2) is 0 Å². The van der Waals surface area contributed by atoms with Crippen molar-refractivity contribution in [1.82, 2.24) is 16.0 Å². The lowest BCUT2D eigenvalue weighted by Gasteiger charge is -2.10. The predicted octanol–water partition coefficient (Wildman–Crippen LogP) is -0.127. The Hall–Kier alpha value is -1.10. The van der Waals surface area contributed by atoms with E-state index in [1.165, 1.54) is 0 Å². The lowest BCUT2D eigenvalue weighted by Crippen LogP contribution is -2.42. The average molecular weight is 229 g/mol. The molecule has 5 heteroatoms. The van der Waals surface area contributed by atoms with Crippen LogP contribution >= 0.6 is 0 Å². The fraction of sp³-hybridized carbons (Fsp3) is 0.818. The minimum Gasteiger partial charge on any atom is -0.355 e. The molecule has 0 bridgehead atoms. The Kier molecular flexibility index (Phi) is 7.54. The Morgan fingerprint density at radius 2 is 1.56 bits per heavy atom. The van der Waals surface area contributed by atoms with Gasteiger partial charge in [0.05, 0.1) is 13.1 Å². The Bertz CT molecular complexity index is 227. The zero-order chi connectivity index (χ0) is 12.6. The molecule has 16 heavy (non-hydrogen) atoms. The van der Waals surface area contributed by atoms with Gasteiger partial charge in [-0.05, 0) is 19.8 Å². The fourth-order valence-corrected chi connectivity index (χ4v) is 1.04. The maximum absolute atomic E-state index is 11.2. The molecule has 0 spiro atoms. The largest absolute Gasteiger partial charge is 0.355 e. The highest BCUT2D eigenvalue weighted by atomic mass is 16.2. The summed E-state index contributed by atoms with van der Waals surface area (Å²) in [6.45, 7) is 8.87. The van der Waals surface area contributed by atoms with E-state index < -0.39 is 0 Å². The summed E-state index contributed by atoms with van der Waals surface area (Å²) < 4.78 is 0. The van der Waals surface area contributed by atoms with Gasteiger partial charge in [-0.15, -0.1) is 0 Å². The molecule has 94 valence electrons. The molecule has 0 saturated carbocycles. The van der Waals surface area contributed by atoms with Crippen LogP contribution in [-0.2, 0) is 9.59 Å². The topological polar surface area (TPSA) is 70.2 Å². The van der Waals surface area contributed by atoms with E-state index in [1.54, 1.807) is 0 Å². The maximum atomic E-state index is 11.2. The molecule has 0 aromatic rings. The SMILES string of the molecule is CC(C)CNC(=O)CNCC(=O)NC(C)C. The quantitative estimate of drug-likeness (QED) is 0.569. The normalized spacial score (nSPS) is 10.6. The van der Waals surface area contributed by atoms with Crippen LogP contribution in [0.2, 0.25) is 0 Å². The van der Waals surface area contributed by atoms with E-state index in [1.807, 2.05) is 27.7 Å². The average Bonchev–Trinajstić information content (AvgIpc) is 2.13. The number of carbonyl (C=O) groups is 2. The van der Waals surface area contributed by atoms with Crippen molar-refractivity contribution in [1.29, 1.82) is 0 Å². The first-order valence-corrected chi connectivity index (χ1v) is 5.68. The van der Waals surface area contributed by atoms with Crippen molar-refractivity contribution in [3.05, 3.63) is 0 Å². The number of amides is 2. The number of hydrogen-bond acceptors (Lipinski definition) is 3. The van der Waals surface area contributed by atoms with Crippen LogP contribution in [-0.4, -0.2) is 37.5 Å². The van der Waals surface area contributed by atoms with E-state index in [-0.39, 0.29) is 30.9 Å². The number of carbonyl (C=O) groups excluding carboxylic acids is 2. The molecular formula is C11H23N3O2. The minimum absolute atomic E-state index is 0.0777. The Labute approximate surface area is 97.4 Å². The zero-order valence-electron chi connectivity index (χ0n) is 10.6. The maximum Gasteiger partial charge on any atom is 0.234 e. The van der Waals surface area contributed by atoms with Gasteiger partial charge in [0.2, 0.25) is 11.8 Å². The van der Waals surface area contributed by atoms with Gasteiger partial charge in [-0.3, -0.25) is 14.9 Å². The van der Waals surface area contributed by atoms with Crippen molar-refractivity contribution < 1.29 is 9.59 Å². The van der Waals surface area contributed by atoms with Crippen LogP contribution in [0, 0.1) is 5.92 Å². The molecule has 0 aromatic carbocycles. The van der Waals surface area contributed by atoms with E-state index in [0.717, 1.165) is 0 Å². The smallest absolute Gasteiger partial charge is 0.234 e. The second-order valence-electron chi connectivity index (χ2n) is 4.52. The summed E-state index contributed by atoms with van der Waals surface area (Å²) in [6, 6.07) is 0.129. The van der Waals surface area contributed by atoms with Crippen molar-refractivity contribution >= 4 is 11.8 Å². The third kappa shape index (κ3) is 9.45. The second kappa shape index (κ2) is 8.10. The van der Waals surface area contributed by atoms with Gasteiger partial charge in [0.1, 0.15) is 0 Å². The van der Waals surface area contributed by atoms with E-state index in [0.29, 0.717) is 12.5 Å². The molecule has 0 aliphatic carbocycles. The molecule has 0 aliphatic heterocycles. The van der Waals surface area contributed by atoms with Crippen LogP contribution in [0.5, 0.6) is 0 Å². The molecule has 5 nitrogen and oxygen atoms in total. The van der Waals surface area contributed by atoms with Gasteiger partial charge < -0.3 is 10.6 Å². The molecule has 0 radical (unpaired) electrons. The van der Waals surface area contributed by atoms with Gasteiger partial charge in [0.25, 0.3) is 0 Å².